The molecule has 0 unspecified atom stereocenters. The van der Waals surface area contributed by atoms with Gasteiger partial charge in [-0.1, -0.05) is 5.16 Å². The third kappa shape index (κ3) is 1.52. The van der Waals surface area contributed by atoms with E-state index in [1.54, 1.807) is 12.1 Å². The van der Waals surface area contributed by atoms with Gasteiger partial charge in [-0.15, -0.1) is 0 Å². The summed E-state index contributed by atoms with van der Waals surface area (Å²) in [6.45, 7) is 0. The van der Waals surface area contributed by atoms with Crippen molar-refractivity contribution >= 4 is 5.97 Å². The number of aliphatic carboxylic acids is 1. The van der Waals surface area contributed by atoms with E-state index in [0.29, 0.717) is 17.0 Å². The summed E-state index contributed by atoms with van der Waals surface area (Å²) in [6.07, 6.45) is 2.68. The van der Waals surface area contributed by atoms with Crippen molar-refractivity contribution in [2.75, 3.05) is 0 Å². The molecular weight excluding hydrogens is 186 g/mol. The number of nitrogens with zero attached hydrogens (tertiary/aromatic N) is 1. The molecule has 1 N–H and O–H groups in total. The Bertz CT molecular complexity index is 429. The lowest BCUT2D eigenvalue weighted by Crippen LogP contribution is -1.99. The molecule has 2 rings (SSSR count). The first-order valence-corrected chi connectivity index (χ1v) is 3.96. The zero-order valence-corrected chi connectivity index (χ0v) is 7.14. The third-order valence-electron chi connectivity index (χ3n) is 1.74. The van der Waals surface area contributed by atoms with Crippen LogP contribution in [-0.4, -0.2) is 16.2 Å². The first-order chi connectivity index (χ1) is 6.77. The Morgan fingerprint density at radius 3 is 3.07 bits per heavy atom. The molecule has 0 saturated carbocycles. The maximum absolute atomic E-state index is 10.5. The fraction of sp³-hybridized carbons (Fsp3) is 0.111. The Hall–Kier alpha value is -2.04. The second-order valence-electron chi connectivity index (χ2n) is 2.74. The van der Waals surface area contributed by atoms with E-state index in [9.17, 15) is 4.79 Å². The number of furan rings is 1. The zero-order valence-electron chi connectivity index (χ0n) is 7.14. The topological polar surface area (TPSA) is 76.5 Å². The van der Waals surface area contributed by atoms with Gasteiger partial charge >= 0.3 is 5.97 Å². The number of aromatic nitrogens is 1. The van der Waals surface area contributed by atoms with Crippen LogP contribution in [0, 0.1) is 0 Å². The van der Waals surface area contributed by atoms with Crippen LogP contribution < -0.4 is 0 Å². The SMILES string of the molecule is O=C(O)Cc1conc1-c1ccco1. The number of rotatable bonds is 3. The lowest BCUT2D eigenvalue weighted by atomic mass is 10.1. The summed E-state index contributed by atoms with van der Waals surface area (Å²) in [5.41, 5.74) is 0.949. The van der Waals surface area contributed by atoms with Crippen molar-refractivity contribution in [3.8, 4) is 11.5 Å². The summed E-state index contributed by atoms with van der Waals surface area (Å²) in [5.74, 6) is -0.420. The highest BCUT2D eigenvalue weighted by molar-refractivity contribution is 5.73. The molecule has 72 valence electrons. The van der Waals surface area contributed by atoms with Crippen LogP contribution >= 0.6 is 0 Å². The van der Waals surface area contributed by atoms with E-state index in [4.69, 9.17) is 14.0 Å². The number of hydrogen-bond acceptors (Lipinski definition) is 4. The van der Waals surface area contributed by atoms with Gasteiger partial charge in [-0.05, 0) is 12.1 Å². The molecule has 2 heterocycles. The smallest absolute Gasteiger partial charge is 0.308 e. The quantitative estimate of drug-likeness (QED) is 0.800. The summed E-state index contributed by atoms with van der Waals surface area (Å²) >= 11 is 0. The van der Waals surface area contributed by atoms with Gasteiger partial charge in [0.25, 0.3) is 0 Å². The Kier molecular flexibility index (Phi) is 2.06. The van der Waals surface area contributed by atoms with E-state index in [0.717, 1.165) is 0 Å². The van der Waals surface area contributed by atoms with Crippen molar-refractivity contribution < 1.29 is 18.8 Å². The first-order valence-electron chi connectivity index (χ1n) is 3.96. The molecule has 2 aromatic rings. The van der Waals surface area contributed by atoms with Gasteiger partial charge in [-0.2, -0.15) is 0 Å². The van der Waals surface area contributed by atoms with Crippen LogP contribution in [0.4, 0.5) is 0 Å². The highest BCUT2D eigenvalue weighted by Crippen LogP contribution is 2.22. The third-order valence-corrected chi connectivity index (χ3v) is 1.74. The largest absolute Gasteiger partial charge is 0.481 e. The number of hydrogen-bond donors (Lipinski definition) is 1. The average molecular weight is 193 g/mol. The van der Waals surface area contributed by atoms with Crippen molar-refractivity contribution in [2.45, 2.75) is 6.42 Å². The molecule has 0 aliphatic rings. The Balaban J connectivity index is 2.35. The summed E-state index contributed by atoms with van der Waals surface area (Å²) in [6, 6.07) is 3.40. The molecular formula is C9H7NO4. The molecule has 2 aromatic heterocycles. The minimum absolute atomic E-state index is 0.125. The van der Waals surface area contributed by atoms with Crippen molar-refractivity contribution in [1.82, 2.24) is 5.16 Å². The number of carbonyl (C=O) groups is 1. The van der Waals surface area contributed by atoms with Crippen molar-refractivity contribution in [2.24, 2.45) is 0 Å². The summed E-state index contributed by atoms with van der Waals surface area (Å²) in [4.78, 5) is 10.5. The molecule has 0 fully saturated rings. The van der Waals surface area contributed by atoms with Crippen LogP contribution in [0.1, 0.15) is 5.56 Å². The monoisotopic (exact) mass is 193 g/mol. The number of carboxylic acid groups (broad SMARTS) is 1. The van der Waals surface area contributed by atoms with Gasteiger partial charge in [0.15, 0.2) is 11.5 Å². The summed E-state index contributed by atoms with van der Waals surface area (Å²) in [5, 5.41) is 12.3. The Labute approximate surface area is 78.9 Å². The highest BCUT2D eigenvalue weighted by atomic mass is 16.5. The molecule has 0 amide bonds. The van der Waals surface area contributed by atoms with Crippen molar-refractivity contribution in [1.29, 1.82) is 0 Å². The predicted octanol–water partition coefficient (Wildman–Crippen LogP) is 1.56. The second kappa shape index (κ2) is 3.37. The lowest BCUT2D eigenvalue weighted by Gasteiger charge is -1.92. The Morgan fingerprint density at radius 1 is 1.57 bits per heavy atom. The van der Waals surface area contributed by atoms with Gasteiger partial charge < -0.3 is 14.0 Å². The molecule has 14 heavy (non-hydrogen) atoms. The lowest BCUT2D eigenvalue weighted by molar-refractivity contribution is -0.136. The molecule has 0 bridgehead atoms. The highest BCUT2D eigenvalue weighted by Gasteiger charge is 2.14. The van der Waals surface area contributed by atoms with Gasteiger partial charge in [-0.25, -0.2) is 0 Å². The fourth-order valence-electron chi connectivity index (χ4n) is 1.16. The van der Waals surface area contributed by atoms with E-state index in [-0.39, 0.29) is 6.42 Å². The molecule has 0 aromatic carbocycles. The van der Waals surface area contributed by atoms with Gasteiger partial charge in [0.2, 0.25) is 0 Å². The van der Waals surface area contributed by atoms with Crippen LogP contribution in [-0.2, 0) is 11.2 Å². The second-order valence-corrected chi connectivity index (χ2v) is 2.74. The molecule has 0 aliphatic heterocycles. The maximum atomic E-state index is 10.5. The zero-order chi connectivity index (χ0) is 9.97. The molecule has 5 heteroatoms. The van der Waals surface area contributed by atoms with E-state index in [1.807, 2.05) is 0 Å². The maximum Gasteiger partial charge on any atom is 0.308 e. The summed E-state index contributed by atoms with van der Waals surface area (Å²) in [7, 11) is 0. The Morgan fingerprint density at radius 2 is 2.43 bits per heavy atom. The van der Waals surface area contributed by atoms with Crippen molar-refractivity contribution in [3.63, 3.8) is 0 Å². The molecule has 0 spiro atoms. The fourth-order valence-corrected chi connectivity index (χ4v) is 1.16. The molecule has 0 radical (unpaired) electrons. The molecule has 0 aliphatic carbocycles. The van der Waals surface area contributed by atoms with Crippen LogP contribution in [0.3, 0.4) is 0 Å². The van der Waals surface area contributed by atoms with Crippen molar-refractivity contribution in [3.05, 3.63) is 30.2 Å². The molecule has 0 saturated heterocycles. The molecule has 5 nitrogen and oxygen atoms in total. The average Bonchev–Trinajstić information content (AvgIpc) is 2.70. The van der Waals surface area contributed by atoms with Gasteiger partial charge in [0, 0.05) is 5.56 Å². The van der Waals surface area contributed by atoms with Crippen LogP contribution in [0.5, 0.6) is 0 Å². The van der Waals surface area contributed by atoms with Gasteiger partial charge in [-0.3, -0.25) is 4.79 Å². The van der Waals surface area contributed by atoms with E-state index < -0.39 is 5.97 Å². The van der Waals surface area contributed by atoms with Crippen LogP contribution in [0.25, 0.3) is 11.5 Å². The minimum Gasteiger partial charge on any atom is -0.481 e. The first kappa shape index (κ1) is 8.55. The van der Waals surface area contributed by atoms with E-state index in [1.165, 1.54) is 12.5 Å². The normalized spacial score (nSPS) is 10.3. The van der Waals surface area contributed by atoms with Gasteiger partial charge in [0.1, 0.15) is 6.26 Å². The number of carboxylic acids is 1. The predicted molar refractivity (Wildman–Crippen MR) is 45.5 cm³/mol. The van der Waals surface area contributed by atoms with Crippen LogP contribution in [0.15, 0.2) is 33.6 Å². The van der Waals surface area contributed by atoms with Gasteiger partial charge in [0.05, 0.1) is 12.7 Å². The minimum atomic E-state index is -0.930. The van der Waals surface area contributed by atoms with E-state index in [2.05, 4.69) is 5.16 Å². The summed E-state index contributed by atoms with van der Waals surface area (Å²) < 4.78 is 9.78. The van der Waals surface area contributed by atoms with E-state index >= 15 is 0 Å². The standard InChI is InChI=1S/C9H7NO4/c11-8(12)4-6-5-14-10-9(6)7-2-1-3-13-7/h1-3,5H,4H2,(H,11,12). The van der Waals surface area contributed by atoms with Crippen LogP contribution in [0.2, 0.25) is 0 Å². The molecule has 0 atom stereocenters.